The minimum Gasteiger partial charge on any atom is -0.316 e. The zero-order chi connectivity index (χ0) is 13.7. The molecular formula is C15H28N4. The molecule has 108 valence electrons. The summed E-state index contributed by atoms with van der Waals surface area (Å²) in [5.74, 6) is 3.57. The van der Waals surface area contributed by atoms with E-state index in [1.165, 1.54) is 32.2 Å². The van der Waals surface area contributed by atoms with Crippen LogP contribution in [0, 0.1) is 17.8 Å². The molecule has 0 spiro atoms. The van der Waals surface area contributed by atoms with Crippen LogP contribution in [0.1, 0.15) is 45.4 Å². The largest absolute Gasteiger partial charge is 0.316 e. The van der Waals surface area contributed by atoms with Crippen molar-refractivity contribution >= 4 is 0 Å². The van der Waals surface area contributed by atoms with Gasteiger partial charge in [-0.25, -0.2) is 4.98 Å². The molecule has 0 aliphatic heterocycles. The van der Waals surface area contributed by atoms with Crippen molar-refractivity contribution in [2.75, 3.05) is 13.1 Å². The number of hydrogen-bond acceptors (Lipinski definition) is 3. The summed E-state index contributed by atoms with van der Waals surface area (Å²) in [5, 5.41) is 7.79. The molecule has 0 amide bonds. The lowest BCUT2D eigenvalue weighted by molar-refractivity contribution is 0.180. The molecule has 0 saturated heterocycles. The van der Waals surface area contributed by atoms with Gasteiger partial charge in [0.25, 0.3) is 0 Å². The van der Waals surface area contributed by atoms with Crippen LogP contribution in [0.5, 0.6) is 0 Å². The highest BCUT2D eigenvalue weighted by Gasteiger charge is 2.29. The zero-order valence-corrected chi connectivity index (χ0v) is 12.6. The van der Waals surface area contributed by atoms with Crippen LogP contribution in [0.4, 0.5) is 0 Å². The van der Waals surface area contributed by atoms with E-state index in [0.29, 0.717) is 0 Å². The summed E-state index contributed by atoms with van der Waals surface area (Å²) < 4.78 is 1.93. The molecule has 1 aromatic rings. The first-order valence-corrected chi connectivity index (χ1v) is 7.74. The predicted molar refractivity (Wildman–Crippen MR) is 77.9 cm³/mol. The fourth-order valence-corrected chi connectivity index (χ4v) is 3.28. The van der Waals surface area contributed by atoms with Gasteiger partial charge in [0.1, 0.15) is 12.2 Å². The van der Waals surface area contributed by atoms with Crippen LogP contribution < -0.4 is 5.32 Å². The van der Waals surface area contributed by atoms with E-state index in [1.807, 2.05) is 11.7 Å². The molecule has 0 radical (unpaired) electrons. The van der Waals surface area contributed by atoms with Gasteiger partial charge in [-0.2, -0.15) is 5.10 Å². The normalized spacial score (nSPS) is 27.6. The fourth-order valence-electron chi connectivity index (χ4n) is 3.28. The van der Waals surface area contributed by atoms with Crippen LogP contribution in [-0.4, -0.2) is 27.9 Å². The minimum atomic E-state index is 0.760. The van der Waals surface area contributed by atoms with Crippen molar-refractivity contribution in [3.8, 4) is 0 Å². The van der Waals surface area contributed by atoms with Gasteiger partial charge in [-0.1, -0.05) is 20.3 Å². The van der Waals surface area contributed by atoms with Gasteiger partial charge in [-0.15, -0.1) is 0 Å². The molecule has 1 aromatic heterocycles. The van der Waals surface area contributed by atoms with Crippen molar-refractivity contribution in [3.05, 3.63) is 12.2 Å². The Morgan fingerprint density at radius 3 is 2.89 bits per heavy atom. The summed E-state index contributed by atoms with van der Waals surface area (Å²) in [6.45, 7) is 6.93. The summed E-state index contributed by atoms with van der Waals surface area (Å²) in [5.41, 5.74) is 0. The van der Waals surface area contributed by atoms with E-state index in [4.69, 9.17) is 0 Å². The first-order valence-electron chi connectivity index (χ1n) is 7.74. The highest BCUT2D eigenvalue weighted by molar-refractivity contribution is 4.91. The van der Waals surface area contributed by atoms with Crippen molar-refractivity contribution in [3.63, 3.8) is 0 Å². The van der Waals surface area contributed by atoms with Gasteiger partial charge in [0, 0.05) is 13.5 Å². The van der Waals surface area contributed by atoms with Crippen molar-refractivity contribution in [2.45, 2.75) is 46.0 Å². The molecule has 1 saturated carbocycles. The van der Waals surface area contributed by atoms with Crippen LogP contribution in [0.3, 0.4) is 0 Å². The number of rotatable bonds is 6. The fraction of sp³-hybridized carbons (Fsp3) is 0.867. The number of aryl methyl sites for hydroxylation is 1. The second-order valence-corrected chi connectivity index (χ2v) is 6.15. The third-order valence-corrected chi connectivity index (χ3v) is 4.49. The zero-order valence-electron chi connectivity index (χ0n) is 12.6. The third kappa shape index (κ3) is 4.03. The first kappa shape index (κ1) is 14.5. The van der Waals surface area contributed by atoms with Crippen molar-refractivity contribution in [2.24, 2.45) is 24.8 Å². The molecule has 4 heteroatoms. The molecule has 19 heavy (non-hydrogen) atoms. The topological polar surface area (TPSA) is 42.7 Å². The van der Waals surface area contributed by atoms with E-state index < -0.39 is 0 Å². The summed E-state index contributed by atoms with van der Waals surface area (Å²) in [7, 11) is 2.00. The lowest BCUT2D eigenvalue weighted by atomic mass is 9.73. The van der Waals surface area contributed by atoms with Gasteiger partial charge in [0.15, 0.2) is 0 Å². The number of aromatic nitrogens is 3. The number of nitrogens with one attached hydrogen (secondary N) is 1. The predicted octanol–water partition coefficient (Wildman–Crippen LogP) is 2.41. The van der Waals surface area contributed by atoms with Crippen molar-refractivity contribution in [1.29, 1.82) is 0 Å². The molecule has 3 atom stereocenters. The highest BCUT2D eigenvalue weighted by Crippen LogP contribution is 2.35. The molecule has 1 aliphatic rings. The average molecular weight is 264 g/mol. The molecule has 3 unspecified atom stereocenters. The molecule has 1 N–H and O–H groups in total. The monoisotopic (exact) mass is 264 g/mol. The molecule has 0 bridgehead atoms. The van der Waals surface area contributed by atoms with E-state index in [2.05, 4.69) is 29.2 Å². The second kappa shape index (κ2) is 7.04. The Kier molecular flexibility index (Phi) is 5.37. The first-order chi connectivity index (χ1) is 9.20. The lowest BCUT2D eigenvalue weighted by Gasteiger charge is -2.35. The highest BCUT2D eigenvalue weighted by atomic mass is 15.3. The lowest BCUT2D eigenvalue weighted by Crippen LogP contribution is -2.34. The molecule has 1 fully saturated rings. The van der Waals surface area contributed by atoms with Crippen LogP contribution in [-0.2, 0) is 13.5 Å². The Balaban J connectivity index is 1.94. The van der Waals surface area contributed by atoms with Gasteiger partial charge in [-0.3, -0.25) is 4.68 Å². The Morgan fingerprint density at radius 2 is 2.21 bits per heavy atom. The quantitative estimate of drug-likeness (QED) is 0.802. The van der Waals surface area contributed by atoms with Gasteiger partial charge < -0.3 is 5.32 Å². The Labute approximate surface area is 117 Å². The van der Waals surface area contributed by atoms with Crippen LogP contribution in [0.15, 0.2) is 6.33 Å². The molecule has 2 rings (SSSR count). The van der Waals surface area contributed by atoms with Gasteiger partial charge >= 0.3 is 0 Å². The Hall–Kier alpha value is -0.900. The molecule has 4 nitrogen and oxygen atoms in total. The molecule has 0 aromatic carbocycles. The van der Waals surface area contributed by atoms with Crippen molar-refractivity contribution < 1.29 is 0 Å². The van der Waals surface area contributed by atoms with Crippen molar-refractivity contribution in [1.82, 2.24) is 20.1 Å². The average Bonchev–Trinajstić information content (AvgIpc) is 2.78. The maximum absolute atomic E-state index is 4.40. The van der Waals surface area contributed by atoms with Gasteiger partial charge in [0.2, 0.25) is 0 Å². The van der Waals surface area contributed by atoms with Crippen LogP contribution in [0.2, 0.25) is 0 Å². The third-order valence-electron chi connectivity index (χ3n) is 4.49. The smallest absolute Gasteiger partial charge is 0.138 e. The van der Waals surface area contributed by atoms with Crippen LogP contribution in [0.25, 0.3) is 0 Å². The molecule has 1 aliphatic carbocycles. The molecule has 1 heterocycles. The van der Waals surface area contributed by atoms with E-state index in [9.17, 15) is 0 Å². The van der Waals surface area contributed by atoms with Crippen LogP contribution >= 0.6 is 0 Å². The number of nitrogens with zero attached hydrogens (tertiary/aromatic N) is 3. The Morgan fingerprint density at radius 1 is 1.37 bits per heavy atom. The van der Waals surface area contributed by atoms with E-state index in [-0.39, 0.29) is 0 Å². The second-order valence-electron chi connectivity index (χ2n) is 6.15. The number of hydrogen-bond donors (Lipinski definition) is 1. The molecular weight excluding hydrogens is 236 g/mol. The Bertz CT molecular complexity index is 374. The van der Waals surface area contributed by atoms with Gasteiger partial charge in [-0.05, 0) is 50.1 Å². The van der Waals surface area contributed by atoms with E-state index in [0.717, 1.165) is 36.5 Å². The maximum atomic E-state index is 4.40. The SMILES string of the molecule is CCCNCC1CCC(C)CC1Cc1ncnn1C. The summed E-state index contributed by atoms with van der Waals surface area (Å²) in [6.07, 6.45) is 8.06. The summed E-state index contributed by atoms with van der Waals surface area (Å²) in [4.78, 5) is 4.40. The standard InChI is InChI=1S/C15H28N4/c1-4-7-16-10-13-6-5-12(2)8-14(13)9-15-17-11-18-19(15)3/h11-14,16H,4-10H2,1-3H3. The minimum absolute atomic E-state index is 0.760. The van der Waals surface area contributed by atoms with E-state index in [1.54, 1.807) is 6.33 Å². The summed E-state index contributed by atoms with van der Waals surface area (Å²) in [6, 6.07) is 0. The summed E-state index contributed by atoms with van der Waals surface area (Å²) >= 11 is 0. The maximum Gasteiger partial charge on any atom is 0.138 e. The van der Waals surface area contributed by atoms with E-state index >= 15 is 0 Å². The van der Waals surface area contributed by atoms with Gasteiger partial charge in [0.05, 0.1) is 0 Å².